The van der Waals surface area contributed by atoms with Crippen LogP contribution >= 0.6 is 0 Å². The first-order valence-electron chi connectivity index (χ1n) is 6.98. The van der Waals surface area contributed by atoms with Gasteiger partial charge in [0.05, 0.1) is 31.9 Å². The highest BCUT2D eigenvalue weighted by Gasteiger charge is 2.18. The van der Waals surface area contributed by atoms with E-state index < -0.39 is 17.7 Å². The Kier molecular flexibility index (Phi) is 5.36. The first-order chi connectivity index (χ1) is 11.4. The maximum absolute atomic E-state index is 12.9. The number of carboxylic acid groups (broad SMARTS) is 1. The number of hydrogen-bond donors (Lipinski definition) is 2. The maximum atomic E-state index is 12.9. The van der Waals surface area contributed by atoms with Crippen LogP contribution in [0.15, 0.2) is 36.4 Å². The number of carbonyl (C=O) groups excluding carboxylic acids is 1. The van der Waals surface area contributed by atoms with E-state index in [-0.39, 0.29) is 23.4 Å². The average Bonchev–Trinajstić information content (AvgIpc) is 2.56. The molecular formula is C17H16FNO5. The van der Waals surface area contributed by atoms with Crippen LogP contribution in [-0.4, -0.2) is 31.2 Å². The molecule has 0 saturated carbocycles. The van der Waals surface area contributed by atoms with Crippen LogP contribution in [0.25, 0.3) is 0 Å². The highest BCUT2D eigenvalue weighted by atomic mass is 19.1. The van der Waals surface area contributed by atoms with Crippen molar-refractivity contribution < 1.29 is 28.6 Å². The number of nitrogens with one attached hydrogen (secondary N) is 1. The summed E-state index contributed by atoms with van der Waals surface area (Å²) in [5.74, 6) is -1.51. The third kappa shape index (κ3) is 4.01. The lowest BCUT2D eigenvalue weighted by molar-refractivity contribution is -0.115. The van der Waals surface area contributed by atoms with E-state index in [0.29, 0.717) is 11.3 Å². The molecule has 2 rings (SSSR count). The van der Waals surface area contributed by atoms with Gasteiger partial charge in [-0.1, -0.05) is 12.1 Å². The Bertz CT molecular complexity index is 758. The zero-order valence-electron chi connectivity index (χ0n) is 13.1. The summed E-state index contributed by atoms with van der Waals surface area (Å²) in [4.78, 5) is 23.5. The van der Waals surface area contributed by atoms with E-state index in [0.717, 1.165) is 0 Å². The standard InChI is InChI=1S/C17H16FNO5/c1-23-14-8-12(17(21)22)13(9-15(14)24-2)19-16(20)7-10-3-5-11(18)6-4-10/h3-6,8-9H,7H2,1-2H3,(H,19,20)(H,21,22). The van der Waals surface area contributed by atoms with Gasteiger partial charge in [0.15, 0.2) is 11.5 Å². The van der Waals surface area contributed by atoms with Crippen molar-refractivity contribution in [2.45, 2.75) is 6.42 Å². The smallest absolute Gasteiger partial charge is 0.337 e. The van der Waals surface area contributed by atoms with E-state index in [1.807, 2.05) is 0 Å². The van der Waals surface area contributed by atoms with Crippen molar-refractivity contribution in [1.82, 2.24) is 0 Å². The SMILES string of the molecule is COc1cc(NC(=O)Cc2ccc(F)cc2)c(C(=O)O)cc1OC. The molecule has 0 aliphatic carbocycles. The van der Waals surface area contributed by atoms with Gasteiger partial charge in [-0.05, 0) is 17.7 Å². The number of hydrogen-bond acceptors (Lipinski definition) is 4. The van der Waals surface area contributed by atoms with E-state index in [4.69, 9.17) is 9.47 Å². The summed E-state index contributed by atoms with van der Waals surface area (Å²) in [6.45, 7) is 0. The second-order valence-corrected chi connectivity index (χ2v) is 4.91. The fourth-order valence-electron chi connectivity index (χ4n) is 2.14. The van der Waals surface area contributed by atoms with Gasteiger partial charge in [-0.15, -0.1) is 0 Å². The summed E-state index contributed by atoms with van der Waals surface area (Å²) in [5.41, 5.74) is 0.568. The molecule has 0 bridgehead atoms. The summed E-state index contributed by atoms with van der Waals surface area (Å²) < 4.78 is 23.0. The minimum atomic E-state index is -1.21. The predicted octanol–water partition coefficient (Wildman–Crippen LogP) is 2.72. The molecule has 2 aromatic carbocycles. The minimum absolute atomic E-state index is 0.0202. The van der Waals surface area contributed by atoms with Crippen molar-refractivity contribution in [3.8, 4) is 11.5 Å². The molecule has 0 spiro atoms. The van der Waals surface area contributed by atoms with Gasteiger partial charge in [-0.2, -0.15) is 0 Å². The van der Waals surface area contributed by atoms with Crippen LogP contribution in [-0.2, 0) is 11.2 Å². The lowest BCUT2D eigenvalue weighted by Crippen LogP contribution is -2.17. The van der Waals surface area contributed by atoms with Gasteiger partial charge in [0.2, 0.25) is 5.91 Å². The molecular weight excluding hydrogens is 317 g/mol. The van der Waals surface area contributed by atoms with E-state index in [1.54, 1.807) is 0 Å². The Morgan fingerprint density at radius 1 is 1.08 bits per heavy atom. The summed E-state index contributed by atoms with van der Waals surface area (Å²) in [6, 6.07) is 8.13. The van der Waals surface area contributed by atoms with Crippen LogP contribution in [0.1, 0.15) is 15.9 Å². The van der Waals surface area contributed by atoms with Crippen molar-refractivity contribution in [1.29, 1.82) is 0 Å². The number of benzene rings is 2. The molecule has 7 heteroatoms. The van der Waals surface area contributed by atoms with Crippen LogP contribution < -0.4 is 14.8 Å². The number of methoxy groups -OCH3 is 2. The van der Waals surface area contributed by atoms with Gasteiger partial charge in [-0.25, -0.2) is 9.18 Å². The average molecular weight is 333 g/mol. The summed E-state index contributed by atoms with van der Waals surface area (Å²) in [6.07, 6.45) is -0.0202. The van der Waals surface area contributed by atoms with Gasteiger partial charge in [0.25, 0.3) is 0 Å². The summed E-state index contributed by atoms with van der Waals surface area (Å²) >= 11 is 0. The molecule has 0 aliphatic rings. The zero-order chi connectivity index (χ0) is 17.7. The van der Waals surface area contributed by atoms with Gasteiger partial charge in [-0.3, -0.25) is 4.79 Å². The number of anilines is 1. The van der Waals surface area contributed by atoms with Gasteiger partial charge < -0.3 is 19.9 Å². The van der Waals surface area contributed by atoms with Gasteiger partial charge >= 0.3 is 5.97 Å². The number of carbonyl (C=O) groups is 2. The highest BCUT2D eigenvalue weighted by Crippen LogP contribution is 2.33. The number of aromatic carboxylic acids is 1. The molecule has 0 aromatic heterocycles. The summed E-state index contributed by atoms with van der Waals surface area (Å²) in [7, 11) is 2.79. The fourth-order valence-corrected chi connectivity index (χ4v) is 2.14. The number of halogens is 1. The largest absolute Gasteiger partial charge is 0.493 e. The van der Waals surface area contributed by atoms with E-state index >= 15 is 0 Å². The zero-order valence-corrected chi connectivity index (χ0v) is 13.1. The predicted molar refractivity (Wildman–Crippen MR) is 85.2 cm³/mol. The molecule has 0 fully saturated rings. The first kappa shape index (κ1) is 17.3. The number of ether oxygens (including phenoxy) is 2. The quantitative estimate of drug-likeness (QED) is 0.849. The van der Waals surface area contributed by atoms with Crippen LogP contribution in [0.3, 0.4) is 0 Å². The van der Waals surface area contributed by atoms with Crippen molar-refractivity contribution in [3.05, 3.63) is 53.3 Å². The first-order valence-corrected chi connectivity index (χ1v) is 6.98. The van der Waals surface area contributed by atoms with Crippen molar-refractivity contribution in [2.24, 2.45) is 0 Å². The van der Waals surface area contributed by atoms with Crippen molar-refractivity contribution in [3.63, 3.8) is 0 Å². The third-order valence-corrected chi connectivity index (χ3v) is 3.31. The Morgan fingerprint density at radius 3 is 2.21 bits per heavy atom. The maximum Gasteiger partial charge on any atom is 0.337 e. The fraction of sp³-hybridized carbons (Fsp3) is 0.176. The Balaban J connectivity index is 2.25. The van der Waals surface area contributed by atoms with Gasteiger partial charge in [0, 0.05) is 12.1 Å². The Hall–Kier alpha value is -3.09. The molecule has 0 atom stereocenters. The second-order valence-electron chi connectivity index (χ2n) is 4.91. The molecule has 2 aromatic rings. The Labute approximate surface area is 137 Å². The molecule has 0 saturated heterocycles. The van der Waals surface area contributed by atoms with E-state index in [2.05, 4.69) is 5.32 Å². The van der Waals surface area contributed by atoms with Crippen molar-refractivity contribution >= 4 is 17.6 Å². The molecule has 126 valence electrons. The number of amides is 1. The molecule has 1 amide bonds. The van der Waals surface area contributed by atoms with Crippen LogP contribution in [0.4, 0.5) is 10.1 Å². The van der Waals surface area contributed by atoms with Gasteiger partial charge in [0.1, 0.15) is 5.82 Å². The van der Waals surface area contributed by atoms with Crippen LogP contribution in [0.5, 0.6) is 11.5 Å². The Morgan fingerprint density at radius 2 is 1.67 bits per heavy atom. The third-order valence-electron chi connectivity index (χ3n) is 3.31. The van der Waals surface area contributed by atoms with E-state index in [1.165, 1.54) is 50.6 Å². The molecule has 24 heavy (non-hydrogen) atoms. The molecule has 0 heterocycles. The van der Waals surface area contributed by atoms with Crippen LogP contribution in [0.2, 0.25) is 0 Å². The van der Waals surface area contributed by atoms with Crippen molar-refractivity contribution in [2.75, 3.05) is 19.5 Å². The summed E-state index contributed by atoms with van der Waals surface area (Å²) in [5, 5.41) is 11.8. The minimum Gasteiger partial charge on any atom is -0.493 e. The normalized spacial score (nSPS) is 10.1. The molecule has 2 N–H and O–H groups in total. The number of carboxylic acids is 1. The lowest BCUT2D eigenvalue weighted by Gasteiger charge is -2.13. The molecule has 6 nitrogen and oxygen atoms in total. The molecule has 0 radical (unpaired) electrons. The number of rotatable bonds is 6. The topological polar surface area (TPSA) is 84.9 Å². The molecule has 0 unspecified atom stereocenters. The lowest BCUT2D eigenvalue weighted by atomic mass is 10.1. The second kappa shape index (κ2) is 7.45. The highest BCUT2D eigenvalue weighted by molar-refractivity contribution is 6.01. The monoisotopic (exact) mass is 333 g/mol. The molecule has 0 aliphatic heterocycles. The van der Waals surface area contributed by atoms with Crippen LogP contribution in [0, 0.1) is 5.82 Å². The van der Waals surface area contributed by atoms with E-state index in [9.17, 15) is 19.1 Å².